The topological polar surface area (TPSA) is 90.5 Å². The number of carbonyl (C=O) groups excluding carboxylic acids is 2. The van der Waals surface area contributed by atoms with E-state index in [1.54, 1.807) is 0 Å². The molecular formula is C22H21N3O3. The summed E-state index contributed by atoms with van der Waals surface area (Å²) in [5, 5.41) is 17.7. The van der Waals surface area contributed by atoms with Crippen molar-refractivity contribution < 1.29 is 14.7 Å². The van der Waals surface area contributed by atoms with Crippen molar-refractivity contribution in [2.24, 2.45) is 0 Å². The summed E-state index contributed by atoms with van der Waals surface area (Å²) in [7, 11) is 0. The Morgan fingerprint density at radius 2 is 1.68 bits per heavy atom. The molecule has 0 saturated heterocycles. The van der Waals surface area contributed by atoms with Crippen LogP contribution in [0.15, 0.2) is 78.3 Å². The van der Waals surface area contributed by atoms with Crippen molar-refractivity contribution in [3.05, 3.63) is 95.0 Å². The molecule has 28 heavy (non-hydrogen) atoms. The second kappa shape index (κ2) is 7.23. The molecule has 0 radical (unpaired) electrons. The van der Waals surface area contributed by atoms with Gasteiger partial charge in [-0.2, -0.15) is 0 Å². The summed E-state index contributed by atoms with van der Waals surface area (Å²) in [5.41, 5.74) is 3.30. The predicted molar refractivity (Wildman–Crippen MR) is 105 cm³/mol. The molecule has 0 unspecified atom stereocenters. The molecule has 2 aliphatic rings. The molecule has 6 heteroatoms. The Kier molecular flexibility index (Phi) is 4.61. The fourth-order valence-electron chi connectivity index (χ4n) is 3.92. The summed E-state index contributed by atoms with van der Waals surface area (Å²) in [4.78, 5) is 24.3. The molecule has 2 aromatic rings. The molecular weight excluding hydrogens is 354 g/mol. The lowest BCUT2D eigenvalue weighted by molar-refractivity contribution is -0.118. The van der Waals surface area contributed by atoms with Gasteiger partial charge in [0.05, 0.1) is 11.7 Å². The highest BCUT2D eigenvalue weighted by Gasteiger charge is 2.31. The van der Waals surface area contributed by atoms with E-state index in [-0.39, 0.29) is 29.1 Å². The quantitative estimate of drug-likeness (QED) is 0.663. The summed E-state index contributed by atoms with van der Waals surface area (Å²) in [6, 6.07) is 17.6. The lowest BCUT2D eigenvalue weighted by Gasteiger charge is -2.33. The van der Waals surface area contributed by atoms with Gasteiger partial charge in [0.1, 0.15) is 0 Å². The van der Waals surface area contributed by atoms with E-state index in [1.807, 2.05) is 36.4 Å². The van der Waals surface area contributed by atoms with Crippen molar-refractivity contribution in [2.45, 2.75) is 24.8 Å². The van der Waals surface area contributed by atoms with E-state index in [0.29, 0.717) is 0 Å². The third kappa shape index (κ3) is 3.24. The van der Waals surface area contributed by atoms with E-state index in [2.05, 4.69) is 40.7 Å². The summed E-state index contributed by atoms with van der Waals surface area (Å²) in [5.74, 6) is -0.619. The molecule has 2 aromatic carbocycles. The third-order valence-corrected chi connectivity index (χ3v) is 5.25. The highest BCUT2D eigenvalue weighted by Crippen LogP contribution is 2.41. The molecule has 6 nitrogen and oxygen atoms in total. The van der Waals surface area contributed by atoms with Gasteiger partial charge in [0.15, 0.2) is 11.5 Å². The molecule has 1 aliphatic heterocycles. The molecule has 0 spiro atoms. The van der Waals surface area contributed by atoms with Gasteiger partial charge in [-0.3, -0.25) is 10.1 Å². The molecule has 4 N–H and O–H groups in total. The maximum absolute atomic E-state index is 12.7. The number of hydrogen-bond donors (Lipinski definition) is 4. The Labute approximate surface area is 163 Å². The van der Waals surface area contributed by atoms with Crippen molar-refractivity contribution >= 4 is 11.9 Å². The first-order valence-corrected chi connectivity index (χ1v) is 9.19. The van der Waals surface area contributed by atoms with Crippen LogP contribution in [-0.4, -0.2) is 17.0 Å². The van der Waals surface area contributed by atoms with E-state index in [9.17, 15) is 14.7 Å². The Morgan fingerprint density at radius 1 is 1.00 bits per heavy atom. The number of aliphatic hydroxyl groups is 1. The molecule has 0 fully saturated rings. The van der Waals surface area contributed by atoms with E-state index in [0.717, 1.165) is 18.4 Å². The van der Waals surface area contributed by atoms with Crippen LogP contribution in [0.25, 0.3) is 0 Å². The summed E-state index contributed by atoms with van der Waals surface area (Å²) in [6.45, 7) is 3.54. The van der Waals surface area contributed by atoms with E-state index < -0.39 is 11.9 Å². The van der Waals surface area contributed by atoms with Crippen LogP contribution in [-0.2, 0) is 4.79 Å². The van der Waals surface area contributed by atoms with Crippen LogP contribution in [0.1, 0.15) is 41.5 Å². The van der Waals surface area contributed by atoms with Crippen molar-refractivity contribution in [2.75, 3.05) is 0 Å². The van der Waals surface area contributed by atoms with Crippen molar-refractivity contribution in [1.29, 1.82) is 0 Å². The van der Waals surface area contributed by atoms with Gasteiger partial charge in [0.25, 0.3) is 5.91 Å². The number of fused-ring (bicyclic) bond motifs is 1. The zero-order valence-corrected chi connectivity index (χ0v) is 15.2. The van der Waals surface area contributed by atoms with Gasteiger partial charge in [-0.05, 0) is 29.5 Å². The first kappa shape index (κ1) is 17.9. The van der Waals surface area contributed by atoms with Crippen LogP contribution >= 0.6 is 0 Å². The number of hydrogen-bond acceptors (Lipinski definition) is 3. The number of aliphatic hydroxyl groups excluding tert-OH is 1. The lowest BCUT2D eigenvalue weighted by atomic mass is 9.77. The minimum absolute atomic E-state index is 0.00193. The first-order valence-electron chi connectivity index (χ1n) is 9.19. The van der Waals surface area contributed by atoms with Gasteiger partial charge in [-0.25, -0.2) is 4.79 Å². The van der Waals surface area contributed by atoms with Crippen LogP contribution in [0.3, 0.4) is 0 Å². The Hall–Kier alpha value is -3.54. The van der Waals surface area contributed by atoms with Crippen molar-refractivity contribution in [1.82, 2.24) is 16.0 Å². The highest BCUT2D eigenvalue weighted by atomic mass is 16.3. The van der Waals surface area contributed by atoms with Crippen LogP contribution in [0.5, 0.6) is 0 Å². The number of rotatable bonds is 3. The van der Waals surface area contributed by atoms with Crippen LogP contribution in [0, 0.1) is 0 Å². The smallest absolute Gasteiger partial charge is 0.324 e. The monoisotopic (exact) mass is 375 g/mol. The van der Waals surface area contributed by atoms with E-state index >= 15 is 0 Å². The molecule has 4 rings (SSSR count). The molecule has 0 saturated carbocycles. The lowest BCUT2D eigenvalue weighted by Crippen LogP contribution is -2.46. The molecule has 1 heterocycles. The van der Waals surface area contributed by atoms with Gasteiger partial charge in [0.2, 0.25) is 0 Å². The van der Waals surface area contributed by atoms with Crippen molar-refractivity contribution in [3.63, 3.8) is 0 Å². The number of amides is 3. The SMILES string of the molecule is C=C1NC(=O)NC(C(=O)N[C@@H]2CC[C@H](c3ccccc3)c3ccccc32)=C1O. The fourth-order valence-corrected chi connectivity index (χ4v) is 3.92. The minimum Gasteiger partial charge on any atom is -0.504 e. The first-order chi connectivity index (χ1) is 13.5. The van der Waals surface area contributed by atoms with Gasteiger partial charge in [-0.1, -0.05) is 61.2 Å². The molecule has 2 atom stereocenters. The average Bonchev–Trinajstić information content (AvgIpc) is 2.71. The zero-order chi connectivity index (χ0) is 19.7. The van der Waals surface area contributed by atoms with Crippen LogP contribution in [0.2, 0.25) is 0 Å². The molecule has 0 aromatic heterocycles. The highest BCUT2D eigenvalue weighted by molar-refractivity contribution is 6.00. The fraction of sp³-hybridized carbons (Fsp3) is 0.182. The van der Waals surface area contributed by atoms with Gasteiger partial charge >= 0.3 is 6.03 Å². The minimum atomic E-state index is -0.596. The number of urea groups is 1. The summed E-state index contributed by atoms with van der Waals surface area (Å²) < 4.78 is 0. The van der Waals surface area contributed by atoms with Crippen LogP contribution in [0.4, 0.5) is 4.79 Å². The number of carbonyl (C=O) groups is 2. The van der Waals surface area contributed by atoms with E-state index in [1.165, 1.54) is 11.1 Å². The molecule has 0 bridgehead atoms. The Bertz CT molecular complexity index is 982. The summed E-state index contributed by atoms with van der Waals surface area (Å²) >= 11 is 0. The molecule has 142 valence electrons. The van der Waals surface area contributed by atoms with E-state index in [4.69, 9.17) is 0 Å². The van der Waals surface area contributed by atoms with Crippen molar-refractivity contribution in [3.8, 4) is 0 Å². The second-order valence-corrected chi connectivity index (χ2v) is 6.98. The number of benzene rings is 2. The van der Waals surface area contributed by atoms with Crippen LogP contribution < -0.4 is 16.0 Å². The predicted octanol–water partition coefficient (Wildman–Crippen LogP) is 3.37. The summed E-state index contributed by atoms with van der Waals surface area (Å²) in [6.07, 6.45) is 1.64. The third-order valence-electron chi connectivity index (χ3n) is 5.25. The van der Waals surface area contributed by atoms with Gasteiger partial charge < -0.3 is 15.7 Å². The molecule has 1 aliphatic carbocycles. The second-order valence-electron chi connectivity index (χ2n) is 6.98. The largest absolute Gasteiger partial charge is 0.504 e. The molecule has 3 amide bonds. The Morgan fingerprint density at radius 3 is 2.43 bits per heavy atom. The van der Waals surface area contributed by atoms with Gasteiger partial charge in [-0.15, -0.1) is 0 Å². The van der Waals surface area contributed by atoms with Gasteiger partial charge in [0, 0.05) is 5.92 Å². The Balaban J connectivity index is 1.61. The average molecular weight is 375 g/mol. The number of nitrogens with one attached hydrogen (secondary N) is 3. The maximum atomic E-state index is 12.7. The zero-order valence-electron chi connectivity index (χ0n) is 15.2. The normalized spacial score (nSPS) is 21.4. The standard InChI is InChI=1S/C22H21N3O3/c1-13-20(26)19(25-22(28)23-13)21(27)24-18-12-11-15(14-7-3-2-4-8-14)16-9-5-6-10-17(16)18/h2-10,15,18,26H,1,11-12H2,(H,24,27)(H2,23,25,28)/t15-,18-/m1/s1. The maximum Gasteiger partial charge on any atom is 0.324 e.